The Morgan fingerprint density at radius 3 is 2.73 bits per heavy atom. The summed E-state index contributed by atoms with van der Waals surface area (Å²) in [7, 11) is 0. The molecule has 0 amide bonds. The van der Waals surface area contributed by atoms with Gasteiger partial charge in [-0.3, -0.25) is 0 Å². The van der Waals surface area contributed by atoms with Crippen molar-refractivity contribution in [1.82, 2.24) is 0 Å². The molecule has 1 nitrogen and oxygen atoms in total. The van der Waals surface area contributed by atoms with Gasteiger partial charge >= 0.3 is 0 Å². The first-order chi connectivity index (χ1) is 7.29. The first-order valence-electron chi connectivity index (χ1n) is 5.65. The maximum absolute atomic E-state index is 9.36. The zero-order valence-corrected chi connectivity index (χ0v) is 9.58. The van der Waals surface area contributed by atoms with Gasteiger partial charge in [0.15, 0.2) is 0 Å². The molecular weight excluding hydrogens is 208 g/mol. The number of aliphatic hydroxyl groups excluding tert-OH is 1. The van der Waals surface area contributed by atoms with Gasteiger partial charge in [0.1, 0.15) is 0 Å². The molecule has 1 aromatic rings. The number of hydrogen-bond acceptors (Lipinski definition) is 1. The van der Waals surface area contributed by atoms with Crippen molar-refractivity contribution in [3.8, 4) is 0 Å². The normalized spacial score (nSPS) is 18.5. The Balaban J connectivity index is 1.99. The minimum Gasteiger partial charge on any atom is -0.396 e. The van der Waals surface area contributed by atoms with Crippen LogP contribution < -0.4 is 0 Å². The molecule has 0 bridgehead atoms. The van der Waals surface area contributed by atoms with E-state index in [0.717, 1.165) is 17.4 Å². The summed E-state index contributed by atoms with van der Waals surface area (Å²) < 4.78 is 0. The third-order valence-corrected chi connectivity index (χ3v) is 3.67. The molecule has 1 N–H and O–H groups in total. The van der Waals surface area contributed by atoms with Gasteiger partial charge < -0.3 is 5.11 Å². The van der Waals surface area contributed by atoms with Crippen molar-refractivity contribution >= 4 is 11.6 Å². The van der Waals surface area contributed by atoms with Gasteiger partial charge in [-0.05, 0) is 36.0 Å². The molecular formula is C13H17ClO. The van der Waals surface area contributed by atoms with Crippen molar-refractivity contribution in [2.75, 3.05) is 6.61 Å². The maximum Gasteiger partial charge on any atom is 0.0465 e. The lowest BCUT2D eigenvalue weighted by atomic mass is 9.74. The van der Waals surface area contributed by atoms with E-state index in [1.807, 2.05) is 18.2 Å². The van der Waals surface area contributed by atoms with E-state index in [1.54, 1.807) is 0 Å². The van der Waals surface area contributed by atoms with Crippen LogP contribution in [0.25, 0.3) is 0 Å². The van der Waals surface area contributed by atoms with Gasteiger partial charge in [-0.15, -0.1) is 0 Å². The molecule has 1 aromatic carbocycles. The summed E-state index contributed by atoms with van der Waals surface area (Å²) in [6.07, 6.45) is 4.86. The quantitative estimate of drug-likeness (QED) is 0.832. The molecule has 15 heavy (non-hydrogen) atoms. The fourth-order valence-electron chi connectivity index (χ4n) is 2.26. The lowest BCUT2D eigenvalue weighted by Crippen LogP contribution is -2.26. The van der Waals surface area contributed by atoms with E-state index in [9.17, 15) is 5.11 Å². The first kappa shape index (κ1) is 11.0. The fourth-order valence-corrected chi connectivity index (χ4v) is 2.47. The summed E-state index contributed by atoms with van der Waals surface area (Å²) in [5.41, 5.74) is 1.24. The van der Waals surface area contributed by atoms with Crippen molar-refractivity contribution in [1.29, 1.82) is 0 Å². The molecule has 0 heterocycles. The van der Waals surface area contributed by atoms with Gasteiger partial charge in [-0.2, -0.15) is 0 Å². The predicted molar refractivity (Wildman–Crippen MR) is 63.1 cm³/mol. The average molecular weight is 225 g/mol. The van der Waals surface area contributed by atoms with Crippen LogP contribution in [0.5, 0.6) is 0 Å². The average Bonchev–Trinajstić information content (AvgIpc) is 2.14. The maximum atomic E-state index is 9.36. The smallest absolute Gasteiger partial charge is 0.0465 e. The fraction of sp³-hybridized carbons (Fsp3) is 0.538. The summed E-state index contributed by atoms with van der Waals surface area (Å²) >= 11 is 5.94. The van der Waals surface area contributed by atoms with Crippen LogP contribution in [0.2, 0.25) is 5.02 Å². The molecule has 1 saturated carbocycles. The third-order valence-electron chi connectivity index (χ3n) is 3.44. The van der Waals surface area contributed by atoms with Crippen LogP contribution in [0, 0.1) is 11.8 Å². The van der Waals surface area contributed by atoms with Crippen LogP contribution in [0.1, 0.15) is 24.8 Å². The van der Waals surface area contributed by atoms with Crippen LogP contribution >= 0.6 is 11.6 Å². The predicted octanol–water partition coefficient (Wildman–Crippen LogP) is 3.29. The second-order valence-electron chi connectivity index (χ2n) is 4.47. The summed E-state index contributed by atoms with van der Waals surface area (Å²) in [6, 6.07) is 7.96. The number of benzene rings is 1. The molecule has 1 aliphatic rings. The molecule has 0 aliphatic heterocycles. The van der Waals surface area contributed by atoms with Crippen LogP contribution in [0.15, 0.2) is 24.3 Å². The lowest BCUT2D eigenvalue weighted by Gasteiger charge is -2.32. The molecule has 1 aliphatic carbocycles. The molecule has 0 spiro atoms. The second kappa shape index (κ2) is 5.00. The Labute approximate surface area is 96.1 Å². The highest BCUT2D eigenvalue weighted by molar-refractivity contribution is 6.30. The standard InChI is InChI=1S/C13H17ClO/c14-13-6-1-3-10(8-13)7-12(9-15)11-4-2-5-11/h1,3,6,8,11-12,15H,2,4-5,7,9H2. The monoisotopic (exact) mass is 224 g/mol. The van der Waals surface area contributed by atoms with Crippen LogP contribution in [0.4, 0.5) is 0 Å². The summed E-state index contributed by atoms with van der Waals surface area (Å²) in [6.45, 7) is 0.303. The van der Waals surface area contributed by atoms with Gasteiger partial charge in [0, 0.05) is 11.6 Å². The number of aliphatic hydroxyl groups is 1. The van der Waals surface area contributed by atoms with E-state index >= 15 is 0 Å². The minimum absolute atomic E-state index is 0.303. The second-order valence-corrected chi connectivity index (χ2v) is 4.90. The Morgan fingerprint density at radius 2 is 2.20 bits per heavy atom. The summed E-state index contributed by atoms with van der Waals surface area (Å²) in [4.78, 5) is 0. The summed E-state index contributed by atoms with van der Waals surface area (Å²) in [5, 5.41) is 10.1. The summed E-state index contributed by atoms with van der Waals surface area (Å²) in [5.74, 6) is 1.16. The molecule has 0 saturated heterocycles. The Kier molecular flexibility index (Phi) is 3.66. The van der Waals surface area contributed by atoms with Gasteiger partial charge in [-0.25, -0.2) is 0 Å². The highest BCUT2D eigenvalue weighted by atomic mass is 35.5. The van der Waals surface area contributed by atoms with Gasteiger partial charge in [0.05, 0.1) is 0 Å². The highest BCUT2D eigenvalue weighted by Gasteiger charge is 2.26. The molecule has 82 valence electrons. The highest BCUT2D eigenvalue weighted by Crippen LogP contribution is 2.35. The van der Waals surface area contributed by atoms with Crippen LogP contribution in [-0.4, -0.2) is 11.7 Å². The molecule has 0 aromatic heterocycles. The minimum atomic E-state index is 0.303. The lowest BCUT2D eigenvalue weighted by molar-refractivity contribution is 0.123. The van der Waals surface area contributed by atoms with E-state index in [0.29, 0.717) is 12.5 Å². The zero-order valence-electron chi connectivity index (χ0n) is 8.82. The Hall–Kier alpha value is -0.530. The third kappa shape index (κ3) is 2.73. The largest absolute Gasteiger partial charge is 0.396 e. The topological polar surface area (TPSA) is 20.2 Å². The van der Waals surface area contributed by atoms with Crippen LogP contribution in [-0.2, 0) is 6.42 Å². The van der Waals surface area contributed by atoms with E-state index in [4.69, 9.17) is 11.6 Å². The van der Waals surface area contributed by atoms with Gasteiger partial charge in [0.2, 0.25) is 0 Å². The van der Waals surface area contributed by atoms with Crippen molar-refractivity contribution in [3.63, 3.8) is 0 Å². The van der Waals surface area contributed by atoms with Crippen molar-refractivity contribution < 1.29 is 5.11 Å². The zero-order chi connectivity index (χ0) is 10.7. The molecule has 2 rings (SSSR count). The van der Waals surface area contributed by atoms with E-state index in [2.05, 4.69) is 6.07 Å². The van der Waals surface area contributed by atoms with Crippen LogP contribution in [0.3, 0.4) is 0 Å². The number of hydrogen-bond donors (Lipinski definition) is 1. The molecule has 2 heteroatoms. The number of rotatable bonds is 4. The SMILES string of the molecule is OCC(Cc1cccc(Cl)c1)C1CCC1. The van der Waals surface area contributed by atoms with Crippen molar-refractivity contribution in [3.05, 3.63) is 34.9 Å². The van der Waals surface area contributed by atoms with E-state index in [1.165, 1.54) is 24.8 Å². The number of halogens is 1. The van der Waals surface area contributed by atoms with E-state index < -0.39 is 0 Å². The molecule has 1 unspecified atom stereocenters. The Morgan fingerprint density at radius 1 is 1.40 bits per heavy atom. The molecule has 0 radical (unpaired) electrons. The van der Waals surface area contributed by atoms with Crippen molar-refractivity contribution in [2.45, 2.75) is 25.7 Å². The van der Waals surface area contributed by atoms with Gasteiger partial charge in [0.25, 0.3) is 0 Å². The molecule has 1 atom stereocenters. The molecule has 1 fully saturated rings. The Bertz CT molecular complexity index is 320. The first-order valence-corrected chi connectivity index (χ1v) is 6.02. The van der Waals surface area contributed by atoms with E-state index in [-0.39, 0.29) is 0 Å². The van der Waals surface area contributed by atoms with Gasteiger partial charge in [-0.1, -0.05) is 43.0 Å². The van der Waals surface area contributed by atoms with Crippen molar-refractivity contribution in [2.24, 2.45) is 11.8 Å².